The fraction of sp³-hybridized carbons (Fsp3) is 0.440. The van der Waals surface area contributed by atoms with Crippen LogP contribution in [-0.4, -0.2) is 55.3 Å². The van der Waals surface area contributed by atoms with Gasteiger partial charge in [-0.15, -0.1) is 0 Å². The third kappa shape index (κ3) is 4.69. The average molecular weight is 452 g/mol. The van der Waals surface area contributed by atoms with Crippen molar-refractivity contribution in [2.45, 2.75) is 25.8 Å². The minimum atomic E-state index is -0.102. The first kappa shape index (κ1) is 21.4. The Bertz CT molecular complexity index is 1040. The normalized spacial score (nSPS) is 21.9. The molecule has 8 heteroatoms. The van der Waals surface area contributed by atoms with E-state index in [1.165, 1.54) is 0 Å². The van der Waals surface area contributed by atoms with Crippen LogP contribution in [0.2, 0.25) is 0 Å². The van der Waals surface area contributed by atoms with Gasteiger partial charge >= 0.3 is 6.03 Å². The van der Waals surface area contributed by atoms with Gasteiger partial charge in [-0.2, -0.15) is 0 Å². The molecule has 174 valence electrons. The summed E-state index contributed by atoms with van der Waals surface area (Å²) in [6, 6.07) is 13.1. The van der Waals surface area contributed by atoms with Crippen LogP contribution in [0.15, 0.2) is 42.5 Å². The Morgan fingerprint density at radius 3 is 2.82 bits per heavy atom. The molecule has 0 aromatic heterocycles. The summed E-state index contributed by atoms with van der Waals surface area (Å²) in [5, 5.41) is 2.98. The molecule has 3 aliphatic rings. The lowest BCUT2D eigenvalue weighted by Crippen LogP contribution is -2.45. The number of urea groups is 1. The Hall–Kier alpha value is -3.42. The number of ether oxygens (including phenoxy) is 3. The standard InChI is InChI=1S/C25H29N3O5/c1-31-21-4-2-3-20(13-21)26-25(30)28-10-7-18-12-24(29)27(9-8-19(18)15-28)14-17-5-6-22-23(11-17)33-16-32-22/h2-6,11,13,18-19H,7-10,12,14-16H2,1H3,(H,26,30)/t18-,19-/m0/s1. The molecule has 3 heterocycles. The molecule has 0 saturated carbocycles. The maximum atomic E-state index is 13.0. The molecular weight excluding hydrogens is 422 g/mol. The van der Waals surface area contributed by atoms with Gasteiger partial charge < -0.3 is 29.3 Å². The zero-order chi connectivity index (χ0) is 22.8. The highest BCUT2D eigenvalue weighted by molar-refractivity contribution is 5.89. The van der Waals surface area contributed by atoms with E-state index in [9.17, 15) is 9.59 Å². The number of benzene rings is 2. The van der Waals surface area contributed by atoms with Crippen molar-refractivity contribution in [2.75, 3.05) is 38.9 Å². The SMILES string of the molecule is COc1cccc(NC(=O)N2CC[C@H]3CC(=O)N(Cc4ccc5c(c4)OCO5)CC[C@H]3C2)c1. The molecule has 2 fully saturated rings. The van der Waals surface area contributed by atoms with Crippen LogP contribution in [0.3, 0.4) is 0 Å². The summed E-state index contributed by atoms with van der Waals surface area (Å²) < 4.78 is 16.1. The van der Waals surface area contributed by atoms with Crippen molar-refractivity contribution in [3.8, 4) is 17.2 Å². The minimum Gasteiger partial charge on any atom is -0.497 e. The molecule has 3 aliphatic heterocycles. The highest BCUT2D eigenvalue weighted by Crippen LogP contribution is 2.35. The van der Waals surface area contributed by atoms with Crippen LogP contribution in [0.5, 0.6) is 17.2 Å². The predicted octanol–water partition coefficient (Wildman–Crippen LogP) is 3.72. The highest BCUT2D eigenvalue weighted by Gasteiger charge is 2.36. The maximum Gasteiger partial charge on any atom is 0.321 e. The Labute approximate surface area is 193 Å². The van der Waals surface area contributed by atoms with Crippen LogP contribution in [0, 0.1) is 11.8 Å². The number of carbonyl (C=O) groups excluding carboxylic acids is 2. The number of rotatable bonds is 4. The molecule has 0 spiro atoms. The van der Waals surface area contributed by atoms with E-state index >= 15 is 0 Å². The minimum absolute atomic E-state index is 0.102. The molecule has 2 atom stereocenters. The van der Waals surface area contributed by atoms with Gasteiger partial charge in [0.05, 0.1) is 7.11 Å². The Kier molecular flexibility index (Phi) is 5.98. The zero-order valence-corrected chi connectivity index (χ0v) is 18.8. The largest absolute Gasteiger partial charge is 0.497 e. The van der Waals surface area contributed by atoms with Crippen LogP contribution in [0.1, 0.15) is 24.8 Å². The number of hydrogen-bond donors (Lipinski definition) is 1. The molecule has 2 saturated heterocycles. The number of nitrogens with one attached hydrogen (secondary N) is 1. The van der Waals surface area contributed by atoms with Crippen LogP contribution in [0.4, 0.5) is 10.5 Å². The summed E-state index contributed by atoms with van der Waals surface area (Å²) in [5.74, 6) is 3.02. The number of methoxy groups -OCH3 is 1. The van der Waals surface area contributed by atoms with Crippen molar-refractivity contribution in [3.05, 3.63) is 48.0 Å². The smallest absolute Gasteiger partial charge is 0.321 e. The molecule has 8 nitrogen and oxygen atoms in total. The number of likely N-dealkylation sites (tertiary alicyclic amines) is 2. The van der Waals surface area contributed by atoms with Gasteiger partial charge in [0.2, 0.25) is 12.7 Å². The van der Waals surface area contributed by atoms with E-state index in [2.05, 4.69) is 5.32 Å². The lowest BCUT2D eigenvalue weighted by atomic mass is 9.82. The second-order valence-corrected chi connectivity index (χ2v) is 8.91. The fourth-order valence-electron chi connectivity index (χ4n) is 4.99. The van der Waals surface area contributed by atoms with Gasteiger partial charge in [0.1, 0.15) is 5.75 Å². The molecule has 0 radical (unpaired) electrons. The average Bonchev–Trinajstić information content (AvgIpc) is 3.24. The summed E-state index contributed by atoms with van der Waals surface area (Å²) in [7, 11) is 1.61. The van der Waals surface area contributed by atoms with Crippen molar-refractivity contribution in [1.82, 2.24) is 9.80 Å². The molecule has 33 heavy (non-hydrogen) atoms. The van der Waals surface area contributed by atoms with Crippen molar-refractivity contribution < 1.29 is 23.8 Å². The van der Waals surface area contributed by atoms with Crippen LogP contribution < -0.4 is 19.5 Å². The molecule has 2 aromatic rings. The van der Waals surface area contributed by atoms with E-state index in [-0.39, 0.29) is 18.7 Å². The van der Waals surface area contributed by atoms with Gasteiger partial charge in [-0.25, -0.2) is 4.79 Å². The lowest BCUT2D eigenvalue weighted by Gasteiger charge is -2.37. The number of nitrogens with zero attached hydrogens (tertiary/aromatic N) is 2. The Morgan fingerprint density at radius 1 is 1.09 bits per heavy atom. The monoisotopic (exact) mass is 451 g/mol. The highest BCUT2D eigenvalue weighted by atomic mass is 16.7. The van der Waals surface area contributed by atoms with Crippen molar-refractivity contribution in [1.29, 1.82) is 0 Å². The van der Waals surface area contributed by atoms with Crippen molar-refractivity contribution in [2.24, 2.45) is 11.8 Å². The Balaban J connectivity index is 1.20. The van der Waals surface area contributed by atoms with E-state index in [1.807, 2.05) is 52.3 Å². The first-order valence-corrected chi connectivity index (χ1v) is 11.5. The lowest BCUT2D eigenvalue weighted by molar-refractivity contribution is -0.132. The number of carbonyl (C=O) groups is 2. The van der Waals surface area contributed by atoms with Crippen LogP contribution >= 0.6 is 0 Å². The second kappa shape index (κ2) is 9.21. The molecule has 3 amide bonds. The third-order valence-electron chi connectivity index (χ3n) is 6.87. The van der Waals surface area contributed by atoms with Gasteiger partial charge in [-0.1, -0.05) is 12.1 Å². The third-order valence-corrected chi connectivity index (χ3v) is 6.87. The summed E-state index contributed by atoms with van der Waals surface area (Å²) in [6.45, 7) is 2.83. The Morgan fingerprint density at radius 2 is 1.94 bits per heavy atom. The summed E-state index contributed by atoms with van der Waals surface area (Å²) in [6.07, 6.45) is 2.28. The first-order chi connectivity index (χ1) is 16.1. The fourth-order valence-corrected chi connectivity index (χ4v) is 4.99. The molecule has 1 N–H and O–H groups in total. The van der Waals surface area contributed by atoms with E-state index in [0.29, 0.717) is 55.9 Å². The van der Waals surface area contributed by atoms with E-state index < -0.39 is 0 Å². The molecule has 0 unspecified atom stereocenters. The van der Waals surface area contributed by atoms with E-state index in [4.69, 9.17) is 14.2 Å². The van der Waals surface area contributed by atoms with Gasteiger partial charge in [-0.3, -0.25) is 4.79 Å². The van der Waals surface area contributed by atoms with Gasteiger partial charge in [-0.05, 0) is 54.5 Å². The van der Waals surface area contributed by atoms with Crippen molar-refractivity contribution in [3.63, 3.8) is 0 Å². The summed E-state index contributed by atoms with van der Waals surface area (Å²) in [5.41, 5.74) is 1.75. The van der Waals surface area contributed by atoms with Gasteiger partial charge in [0, 0.05) is 44.4 Å². The number of piperidine rings is 1. The van der Waals surface area contributed by atoms with E-state index in [1.54, 1.807) is 7.11 Å². The summed E-state index contributed by atoms with van der Waals surface area (Å²) >= 11 is 0. The number of fused-ring (bicyclic) bond motifs is 2. The van der Waals surface area contributed by atoms with Crippen LogP contribution in [-0.2, 0) is 11.3 Å². The quantitative estimate of drug-likeness (QED) is 0.767. The number of amides is 3. The first-order valence-electron chi connectivity index (χ1n) is 11.5. The molecule has 0 bridgehead atoms. The molecule has 2 aromatic carbocycles. The topological polar surface area (TPSA) is 80.3 Å². The number of anilines is 1. The molecular formula is C25H29N3O5. The molecule has 0 aliphatic carbocycles. The van der Waals surface area contributed by atoms with Gasteiger partial charge in [0.15, 0.2) is 11.5 Å². The molecule has 5 rings (SSSR count). The second-order valence-electron chi connectivity index (χ2n) is 8.91. The van der Waals surface area contributed by atoms with E-state index in [0.717, 1.165) is 29.9 Å². The predicted molar refractivity (Wildman–Crippen MR) is 122 cm³/mol. The van der Waals surface area contributed by atoms with Crippen molar-refractivity contribution >= 4 is 17.6 Å². The van der Waals surface area contributed by atoms with Crippen LogP contribution in [0.25, 0.3) is 0 Å². The summed E-state index contributed by atoms with van der Waals surface area (Å²) in [4.78, 5) is 29.7. The number of hydrogen-bond acceptors (Lipinski definition) is 5. The van der Waals surface area contributed by atoms with Gasteiger partial charge in [0.25, 0.3) is 0 Å². The zero-order valence-electron chi connectivity index (χ0n) is 18.8. The maximum absolute atomic E-state index is 13.0.